The van der Waals surface area contributed by atoms with Gasteiger partial charge in [0.15, 0.2) is 11.5 Å². The molecule has 1 spiro atoms. The lowest BCUT2D eigenvalue weighted by molar-refractivity contribution is 0.119. The van der Waals surface area contributed by atoms with Gasteiger partial charge < -0.3 is 14.9 Å². The van der Waals surface area contributed by atoms with Gasteiger partial charge in [0.2, 0.25) is 0 Å². The summed E-state index contributed by atoms with van der Waals surface area (Å²) in [6.07, 6.45) is 2.25. The van der Waals surface area contributed by atoms with E-state index in [0.717, 1.165) is 49.3 Å². The van der Waals surface area contributed by atoms with E-state index in [1.807, 2.05) is 36.4 Å². The van der Waals surface area contributed by atoms with Gasteiger partial charge in [0, 0.05) is 48.9 Å². The molecule has 6 heteroatoms. The van der Waals surface area contributed by atoms with Gasteiger partial charge in [-0.05, 0) is 36.6 Å². The first-order valence-electron chi connectivity index (χ1n) is 11.8. The van der Waals surface area contributed by atoms with E-state index in [9.17, 15) is 10.2 Å². The van der Waals surface area contributed by atoms with Crippen molar-refractivity contribution in [1.29, 1.82) is 0 Å². The molecule has 0 bridgehead atoms. The molecule has 176 valence electrons. The number of likely N-dealkylation sites (tertiary alicyclic amines) is 1. The summed E-state index contributed by atoms with van der Waals surface area (Å²) < 4.78 is 5.36. The number of benzene rings is 3. The number of nitrogens with zero attached hydrogens (tertiary/aromatic N) is 2. The molecule has 0 aliphatic carbocycles. The number of nitrogens with one attached hydrogen (secondary N) is 1. The van der Waals surface area contributed by atoms with Crippen molar-refractivity contribution >= 4 is 5.71 Å². The van der Waals surface area contributed by atoms with E-state index in [1.165, 1.54) is 5.56 Å². The highest BCUT2D eigenvalue weighted by molar-refractivity contribution is 6.03. The molecular formula is C28H31N3O3. The summed E-state index contributed by atoms with van der Waals surface area (Å²) in [7, 11) is 1.56. The van der Waals surface area contributed by atoms with Crippen LogP contribution >= 0.6 is 0 Å². The van der Waals surface area contributed by atoms with Gasteiger partial charge in [-0.3, -0.25) is 15.2 Å². The number of aliphatic imine (C=N–C) groups is 1. The average Bonchev–Trinajstić information content (AvgIpc) is 2.86. The molecule has 1 fully saturated rings. The Morgan fingerprint density at radius 1 is 0.971 bits per heavy atom. The number of methoxy groups -OCH3 is 1. The van der Waals surface area contributed by atoms with Gasteiger partial charge in [0.25, 0.3) is 0 Å². The maximum atomic E-state index is 10.9. The molecule has 2 aliphatic rings. The number of phenols is 2. The smallest absolute Gasteiger partial charge is 0.162 e. The molecular weight excluding hydrogens is 426 g/mol. The standard InChI is InChI=1S/C28H31N3O3/c1-34-26-13-7-11-22(27(26)33)24-18-23(21-10-5-6-12-25(21)32)29-28(30-24)14-16-31(17-15-28)19-20-8-3-2-4-9-20/h2-13,24,30,32-33H,14-19H2,1H3/t24-/m1/s1. The number of ether oxygens (including phenoxy) is 1. The number of hydrogen-bond acceptors (Lipinski definition) is 6. The molecule has 0 radical (unpaired) electrons. The van der Waals surface area contributed by atoms with E-state index in [1.54, 1.807) is 19.2 Å². The van der Waals surface area contributed by atoms with Crippen LogP contribution in [0.5, 0.6) is 17.2 Å². The highest BCUT2D eigenvalue weighted by atomic mass is 16.5. The molecule has 6 nitrogen and oxygen atoms in total. The zero-order valence-corrected chi connectivity index (χ0v) is 19.4. The van der Waals surface area contributed by atoms with Crippen LogP contribution in [0.3, 0.4) is 0 Å². The molecule has 1 atom stereocenters. The summed E-state index contributed by atoms with van der Waals surface area (Å²) >= 11 is 0. The third-order valence-corrected chi connectivity index (χ3v) is 6.96. The Hall–Kier alpha value is -3.35. The third-order valence-electron chi connectivity index (χ3n) is 6.96. The summed E-state index contributed by atoms with van der Waals surface area (Å²) in [5.74, 6) is 0.837. The van der Waals surface area contributed by atoms with E-state index < -0.39 is 5.66 Å². The predicted molar refractivity (Wildman–Crippen MR) is 133 cm³/mol. The molecule has 2 heterocycles. The Labute approximate surface area is 200 Å². The van der Waals surface area contributed by atoms with Crippen LogP contribution in [0.2, 0.25) is 0 Å². The van der Waals surface area contributed by atoms with Crippen molar-refractivity contribution in [2.24, 2.45) is 4.99 Å². The first kappa shape index (κ1) is 22.4. The summed E-state index contributed by atoms with van der Waals surface area (Å²) in [4.78, 5) is 7.66. The van der Waals surface area contributed by atoms with E-state index in [4.69, 9.17) is 9.73 Å². The van der Waals surface area contributed by atoms with Crippen LogP contribution in [-0.4, -0.2) is 46.7 Å². The Morgan fingerprint density at radius 3 is 2.44 bits per heavy atom. The topological polar surface area (TPSA) is 77.3 Å². The van der Waals surface area contributed by atoms with Crippen molar-refractivity contribution in [2.75, 3.05) is 20.2 Å². The van der Waals surface area contributed by atoms with Crippen molar-refractivity contribution in [3.05, 3.63) is 89.5 Å². The van der Waals surface area contributed by atoms with Gasteiger partial charge in [-0.25, -0.2) is 0 Å². The average molecular weight is 458 g/mol. The lowest BCUT2D eigenvalue weighted by Gasteiger charge is -2.45. The van der Waals surface area contributed by atoms with Crippen LogP contribution in [-0.2, 0) is 6.54 Å². The number of para-hydroxylation sites is 2. The van der Waals surface area contributed by atoms with Gasteiger partial charge in [-0.2, -0.15) is 0 Å². The molecule has 0 saturated carbocycles. The van der Waals surface area contributed by atoms with Crippen LogP contribution in [0, 0.1) is 0 Å². The van der Waals surface area contributed by atoms with E-state index >= 15 is 0 Å². The highest BCUT2D eigenvalue weighted by Crippen LogP contribution is 2.41. The van der Waals surface area contributed by atoms with Crippen LogP contribution in [0.1, 0.15) is 42.0 Å². The zero-order chi connectivity index (χ0) is 23.5. The third kappa shape index (κ3) is 4.52. The minimum Gasteiger partial charge on any atom is -0.507 e. The Bertz CT molecular complexity index is 1170. The van der Waals surface area contributed by atoms with E-state index in [0.29, 0.717) is 12.2 Å². The fraction of sp³-hybridized carbons (Fsp3) is 0.321. The van der Waals surface area contributed by atoms with Crippen molar-refractivity contribution in [2.45, 2.75) is 37.5 Å². The van der Waals surface area contributed by atoms with Gasteiger partial charge in [0.05, 0.1) is 7.11 Å². The molecule has 34 heavy (non-hydrogen) atoms. The second kappa shape index (κ2) is 9.49. The van der Waals surface area contributed by atoms with Crippen LogP contribution in [0.15, 0.2) is 77.8 Å². The molecule has 0 unspecified atom stereocenters. The minimum atomic E-state index is -0.455. The van der Waals surface area contributed by atoms with Crippen LogP contribution in [0.25, 0.3) is 0 Å². The Kier molecular flexibility index (Phi) is 6.26. The monoisotopic (exact) mass is 457 g/mol. The summed E-state index contributed by atoms with van der Waals surface area (Å²) in [5.41, 5.74) is 3.26. The van der Waals surface area contributed by atoms with E-state index in [2.05, 4.69) is 34.5 Å². The quantitative estimate of drug-likeness (QED) is 0.521. The SMILES string of the molecule is COc1cccc([C@H]2CC(c3ccccc3O)=NC3(CCN(Cc4ccccc4)CC3)N2)c1O. The summed E-state index contributed by atoms with van der Waals surface area (Å²) in [6, 6.07) is 23.3. The van der Waals surface area contributed by atoms with Crippen LogP contribution in [0.4, 0.5) is 0 Å². The number of hydrogen-bond donors (Lipinski definition) is 3. The number of aromatic hydroxyl groups is 2. The van der Waals surface area contributed by atoms with Crippen molar-refractivity contribution in [3.8, 4) is 17.2 Å². The lowest BCUT2D eigenvalue weighted by Crippen LogP contribution is -2.55. The predicted octanol–water partition coefficient (Wildman–Crippen LogP) is 4.62. The van der Waals surface area contributed by atoms with Gasteiger partial charge in [-0.1, -0.05) is 54.6 Å². The molecule has 0 aromatic heterocycles. The van der Waals surface area contributed by atoms with Crippen molar-refractivity contribution in [3.63, 3.8) is 0 Å². The number of rotatable bonds is 5. The fourth-order valence-electron chi connectivity index (χ4n) is 5.14. The van der Waals surface area contributed by atoms with Crippen LogP contribution < -0.4 is 10.1 Å². The largest absolute Gasteiger partial charge is 0.507 e. The van der Waals surface area contributed by atoms with Crippen molar-refractivity contribution < 1.29 is 14.9 Å². The second-order valence-corrected chi connectivity index (χ2v) is 9.17. The molecule has 3 N–H and O–H groups in total. The van der Waals surface area contributed by atoms with E-state index in [-0.39, 0.29) is 17.5 Å². The van der Waals surface area contributed by atoms with Gasteiger partial charge in [0.1, 0.15) is 11.4 Å². The molecule has 3 aromatic carbocycles. The maximum absolute atomic E-state index is 10.9. The first-order valence-corrected chi connectivity index (χ1v) is 11.8. The molecule has 1 saturated heterocycles. The minimum absolute atomic E-state index is 0.150. The lowest BCUT2D eigenvalue weighted by atomic mass is 9.87. The fourth-order valence-corrected chi connectivity index (χ4v) is 5.14. The van der Waals surface area contributed by atoms with Gasteiger partial charge in [-0.15, -0.1) is 0 Å². The Balaban J connectivity index is 1.45. The molecule has 5 rings (SSSR count). The van der Waals surface area contributed by atoms with Crippen molar-refractivity contribution in [1.82, 2.24) is 10.2 Å². The number of piperidine rings is 1. The Morgan fingerprint density at radius 2 is 1.71 bits per heavy atom. The molecule has 3 aromatic rings. The normalized spacial score (nSPS) is 20.1. The maximum Gasteiger partial charge on any atom is 0.162 e. The first-order chi connectivity index (χ1) is 16.6. The highest BCUT2D eigenvalue weighted by Gasteiger charge is 2.41. The molecule has 2 aliphatic heterocycles. The zero-order valence-electron chi connectivity index (χ0n) is 19.4. The van der Waals surface area contributed by atoms with Gasteiger partial charge >= 0.3 is 0 Å². The summed E-state index contributed by atoms with van der Waals surface area (Å²) in [6.45, 7) is 2.75. The second-order valence-electron chi connectivity index (χ2n) is 9.17. The molecule has 0 amide bonds. The number of phenolic OH excluding ortho intramolecular Hbond substituents is 2. The summed E-state index contributed by atoms with van der Waals surface area (Å²) in [5, 5.41) is 25.2.